The van der Waals surface area contributed by atoms with E-state index in [9.17, 15) is 0 Å². The first-order chi connectivity index (χ1) is 16.8. The minimum absolute atomic E-state index is 1.21. The number of para-hydroxylation sites is 2. The fourth-order valence-corrected chi connectivity index (χ4v) is 7.03. The SMILES string of the molecule is Cn1c2ccccc2c2cc(-n3c4ccccc4c4ccc5c6ccccc6sc5c43)ccc21. The smallest absolute Gasteiger partial charge is 0.0719 e. The molecule has 0 aliphatic carbocycles. The summed E-state index contributed by atoms with van der Waals surface area (Å²) in [6.45, 7) is 0. The third-order valence-electron chi connectivity index (χ3n) is 7.33. The van der Waals surface area contributed by atoms with Crippen molar-refractivity contribution in [3.05, 3.63) is 103 Å². The van der Waals surface area contributed by atoms with Gasteiger partial charge < -0.3 is 9.13 Å². The van der Waals surface area contributed by atoms with Gasteiger partial charge in [-0.25, -0.2) is 0 Å². The zero-order valence-corrected chi connectivity index (χ0v) is 19.4. The molecule has 8 rings (SSSR count). The molecule has 0 spiro atoms. The molecule has 0 aliphatic rings. The minimum atomic E-state index is 1.21. The highest BCUT2D eigenvalue weighted by Crippen LogP contribution is 2.43. The molecule has 0 N–H and O–H groups in total. The lowest BCUT2D eigenvalue weighted by molar-refractivity contribution is 1.01. The van der Waals surface area contributed by atoms with Gasteiger partial charge in [0, 0.05) is 60.8 Å². The normalized spacial score (nSPS) is 12.3. The van der Waals surface area contributed by atoms with Crippen LogP contribution in [0.15, 0.2) is 103 Å². The fourth-order valence-electron chi connectivity index (χ4n) is 5.79. The van der Waals surface area contributed by atoms with E-state index in [0.717, 1.165) is 0 Å². The van der Waals surface area contributed by atoms with E-state index < -0.39 is 0 Å². The summed E-state index contributed by atoms with van der Waals surface area (Å²) in [7, 11) is 2.16. The highest BCUT2D eigenvalue weighted by Gasteiger charge is 2.18. The fraction of sp³-hybridized carbons (Fsp3) is 0.0323. The predicted octanol–water partition coefficient (Wildman–Crippen LogP) is 8.80. The highest BCUT2D eigenvalue weighted by atomic mass is 32.1. The maximum atomic E-state index is 2.48. The Morgan fingerprint density at radius 1 is 0.529 bits per heavy atom. The van der Waals surface area contributed by atoms with Gasteiger partial charge in [0.1, 0.15) is 0 Å². The second-order valence-corrected chi connectivity index (χ2v) is 10.1. The number of thiophene rings is 1. The zero-order chi connectivity index (χ0) is 22.4. The van der Waals surface area contributed by atoms with Crippen molar-refractivity contribution in [1.29, 1.82) is 0 Å². The van der Waals surface area contributed by atoms with E-state index in [-0.39, 0.29) is 0 Å². The molecule has 2 nitrogen and oxygen atoms in total. The lowest BCUT2D eigenvalue weighted by atomic mass is 10.1. The van der Waals surface area contributed by atoms with E-state index in [0.29, 0.717) is 0 Å². The lowest BCUT2D eigenvalue weighted by Crippen LogP contribution is -1.94. The number of benzene rings is 5. The molecule has 0 radical (unpaired) electrons. The van der Waals surface area contributed by atoms with Gasteiger partial charge in [-0.1, -0.05) is 66.7 Å². The first-order valence-electron chi connectivity index (χ1n) is 11.6. The first-order valence-corrected chi connectivity index (χ1v) is 12.4. The monoisotopic (exact) mass is 452 g/mol. The average molecular weight is 453 g/mol. The molecule has 0 unspecified atom stereocenters. The predicted molar refractivity (Wildman–Crippen MR) is 148 cm³/mol. The van der Waals surface area contributed by atoms with E-state index in [2.05, 4.69) is 119 Å². The Kier molecular flexibility index (Phi) is 3.51. The maximum Gasteiger partial charge on any atom is 0.0719 e. The number of nitrogens with zero attached hydrogens (tertiary/aromatic N) is 2. The van der Waals surface area contributed by atoms with Crippen molar-refractivity contribution >= 4 is 75.1 Å². The Morgan fingerprint density at radius 3 is 2.03 bits per heavy atom. The Hall–Kier alpha value is -4.08. The highest BCUT2D eigenvalue weighted by molar-refractivity contribution is 7.26. The van der Waals surface area contributed by atoms with Gasteiger partial charge in [-0.15, -0.1) is 11.3 Å². The second kappa shape index (κ2) is 6.49. The van der Waals surface area contributed by atoms with Crippen LogP contribution in [-0.4, -0.2) is 9.13 Å². The van der Waals surface area contributed by atoms with E-state index in [1.165, 1.54) is 69.5 Å². The van der Waals surface area contributed by atoms with Gasteiger partial charge in [-0.05, 0) is 36.4 Å². The molecule has 0 saturated heterocycles. The van der Waals surface area contributed by atoms with E-state index in [1.54, 1.807) is 0 Å². The van der Waals surface area contributed by atoms with E-state index in [4.69, 9.17) is 0 Å². The zero-order valence-electron chi connectivity index (χ0n) is 18.6. The van der Waals surface area contributed by atoms with Crippen LogP contribution in [0.2, 0.25) is 0 Å². The summed E-state index contributed by atoms with van der Waals surface area (Å²) in [6, 6.07) is 37.8. The number of aromatic nitrogens is 2. The van der Waals surface area contributed by atoms with Crippen LogP contribution in [0, 0.1) is 0 Å². The summed E-state index contributed by atoms with van der Waals surface area (Å²) in [4.78, 5) is 0. The van der Waals surface area contributed by atoms with Crippen LogP contribution in [0.5, 0.6) is 0 Å². The molecular weight excluding hydrogens is 432 g/mol. The molecular formula is C31H20N2S. The van der Waals surface area contributed by atoms with Gasteiger partial charge in [-0.3, -0.25) is 0 Å². The molecule has 3 aromatic heterocycles. The number of hydrogen-bond donors (Lipinski definition) is 0. The van der Waals surface area contributed by atoms with Gasteiger partial charge in [0.2, 0.25) is 0 Å². The molecule has 0 fully saturated rings. The van der Waals surface area contributed by atoms with Crippen molar-refractivity contribution in [3.63, 3.8) is 0 Å². The average Bonchev–Trinajstić information content (AvgIpc) is 3.52. The van der Waals surface area contributed by atoms with Crippen molar-refractivity contribution in [1.82, 2.24) is 9.13 Å². The molecule has 160 valence electrons. The molecule has 3 heteroatoms. The summed E-state index contributed by atoms with van der Waals surface area (Å²) in [5, 5.41) is 7.89. The second-order valence-electron chi connectivity index (χ2n) is 9.07. The third-order valence-corrected chi connectivity index (χ3v) is 8.53. The standard InChI is InChI=1S/C31H20N2S/c1-32-26-11-5-2-9-21(26)25-18-19(14-17-27(25)32)33-28-12-6-3-8-20(28)23-15-16-24-22-10-4-7-13-29(22)34-31(24)30(23)33/h2-18H,1H3. The third kappa shape index (κ3) is 2.25. The van der Waals surface area contributed by atoms with Crippen LogP contribution in [0.25, 0.3) is 69.5 Å². The summed E-state index contributed by atoms with van der Waals surface area (Å²) in [5.41, 5.74) is 6.29. The van der Waals surface area contributed by atoms with E-state index in [1.807, 2.05) is 11.3 Å². The van der Waals surface area contributed by atoms with Gasteiger partial charge in [0.15, 0.2) is 0 Å². The molecule has 8 aromatic rings. The Balaban J connectivity index is 1.57. The molecule has 5 aromatic carbocycles. The molecule has 34 heavy (non-hydrogen) atoms. The molecule has 0 atom stereocenters. The number of hydrogen-bond acceptors (Lipinski definition) is 1. The molecule has 0 bridgehead atoms. The summed E-state index contributed by atoms with van der Waals surface area (Å²) in [5.74, 6) is 0. The van der Waals surface area contributed by atoms with Crippen molar-refractivity contribution in [2.75, 3.05) is 0 Å². The van der Waals surface area contributed by atoms with Crippen LogP contribution in [0.1, 0.15) is 0 Å². The number of rotatable bonds is 1. The lowest BCUT2D eigenvalue weighted by Gasteiger charge is -2.09. The van der Waals surface area contributed by atoms with Gasteiger partial charge in [0.25, 0.3) is 0 Å². The summed E-state index contributed by atoms with van der Waals surface area (Å²) in [6.07, 6.45) is 0. The Labute approximate surface area is 199 Å². The summed E-state index contributed by atoms with van der Waals surface area (Å²) < 4.78 is 7.47. The molecule has 0 amide bonds. The Bertz CT molecular complexity index is 2080. The van der Waals surface area contributed by atoms with Crippen LogP contribution < -0.4 is 0 Å². The van der Waals surface area contributed by atoms with Crippen LogP contribution in [0.4, 0.5) is 0 Å². The number of aryl methyl sites for hydroxylation is 1. The van der Waals surface area contributed by atoms with Crippen LogP contribution >= 0.6 is 11.3 Å². The number of fused-ring (bicyclic) bond motifs is 10. The van der Waals surface area contributed by atoms with Crippen molar-refractivity contribution in [2.45, 2.75) is 0 Å². The first kappa shape index (κ1) is 18.4. The minimum Gasteiger partial charge on any atom is -0.344 e. The summed E-state index contributed by atoms with van der Waals surface area (Å²) >= 11 is 1.90. The molecule has 3 heterocycles. The quantitative estimate of drug-likeness (QED) is 0.235. The molecule has 0 aliphatic heterocycles. The van der Waals surface area contributed by atoms with Gasteiger partial charge in [-0.2, -0.15) is 0 Å². The van der Waals surface area contributed by atoms with Gasteiger partial charge >= 0.3 is 0 Å². The van der Waals surface area contributed by atoms with Gasteiger partial charge in [0.05, 0.1) is 15.7 Å². The van der Waals surface area contributed by atoms with E-state index >= 15 is 0 Å². The van der Waals surface area contributed by atoms with Crippen molar-refractivity contribution in [2.24, 2.45) is 7.05 Å². The molecule has 0 saturated carbocycles. The van der Waals surface area contributed by atoms with Crippen LogP contribution in [-0.2, 0) is 7.05 Å². The largest absolute Gasteiger partial charge is 0.344 e. The van der Waals surface area contributed by atoms with Crippen molar-refractivity contribution in [3.8, 4) is 5.69 Å². The van der Waals surface area contributed by atoms with Crippen LogP contribution in [0.3, 0.4) is 0 Å². The topological polar surface area (TPSA) is 9.86 Å². The maximum absolute atomic E-state index is 2.48. The van der Waals surface area contributed by atoms with Crippen molar-refractivity contribution < 1.29 is 0 Å². The Morgan fingerprint density at radius 2 is 1.18 bits per heavy atom.